The summed E-state index contributed by atoms with van der Waals surface area (Å²) >= 11 is 1.47. The lowest BCUT2D eigenvalue weighted by Crippen LogP contribution is -2.40. The van der Waals surface area contributed by atoms with Gasteiger partial charge in [-0.2, -0.15) is 0 Å². The molecule has 0 saturated carbocycles. The van der Waals surface area contributed by atoms with Crippen LogP contribution in [0, 0.1) is 0 Å². The highest BCUT2D eigenvalue weighted by atomic mass is 35.5. The number of aryl methyl sites for hydroxylation is 3. The Morgan fingerprint density at radius 1 is 0.768 bits per heavy atom. The van der Waals surface area contributed by atoms with Crippen LogP contribution >= 0.6 is 23.7 Å². The molecule has 298 valence electrons. The number of amides is 3. The summed E-state index contributed by atoms with van der Waals surface area (Å²) in [4.78, 5) is 65.2. The highest BCUT2D eigenvalue weighted by Gasteiger charge is 2.27. The van der Waals surface area contributed by atoms with Crippen LogP contribution in [-0.4, -0.2) is 63.9 Å². The summed E-state index contributed by atoms with van der Waals surface area (Å²) in [6.07, 6.45) is 6.74. The van der Waals surface area contributed by atoms with E-state index in [1.807, 2.05) is 54.6 Å². The fourth-order valence-electron chi connectivity index (χ4n) is 7.01. The maximum atomic E-state index is 13.9. The normalized spacial score (nSPS) is 12.1. The highest BCUT2D eigenvalue weighted by molar-refractivity contribution is 7.17. The molecular formula is C43H51ClN4O7S. The number of nitrogens with one attached hydrogen (secondary N) is 3. The van der Waals surface area contributed by atoms with Crippen molar-refractivity contribution in [1.82, 2.24) is 10.2 Å². The molecule has 0 radical (unpaired) electrons. The van der Waals surface area contributed by atoms with Crippen molar-refractivity contribution >= 4 is 64.1 Å². The first kappa shape index (κ1) is 43.7. The molecule has 3 aromatic carbocycles. The Hall–Kier alpha value is -5.04. The lowest BCUT2D eigenvalue weighted by Gasteiger charge is -2.30. The van der Waals surface area contributed by atoms with Crippen LogP contribution in [0.3, 0.4) is 0 Å². The van der Waals surface area contributed by atoms with Gasteiger partial charge in [-0.3, -0.25) is 24.1 Å². The number of carbonyl (C=O) groups excluding carboxylic acids is 3. The molecule has 0 atom stereocenters. The van der Waals surface area contributed by atoms with E-state index in [0.717, 1.165) is 78.5 Å². The SMILES string of the molecule is CCC(CC)N(CCNC(=O)CCC(=O)O)Cc1cccc(C(=O)Nc2sc3c(c2C(=O)Nc2ccc(CCc4ccc(C(=O)O)cc4)cc2)CCCC3)c1.Cl. The smallest absolute Gasteiger partial charge is 0.335 e. The fourth-order valence-corrected chi connectivity index (χ4v) is 8.29. The van der Waals surface area contributed by atoms with E-state index < -0.39 is 11.9 Å². The maximum absolute atomic E-state index is 13.9. The molecule has 0 unspecified atom stereocenters. The number of aliphatic carboxylic acids is 1. The molecule has 11 nitrogen and oxygen atoms in total. The average Bonchev–Trinajstić information content (AvgIpc) is 3.55. The van der Waals surface area contributed by atoms with Crippen molar-refractivity contribution < 1.29 is 34.2 Å². The van der Waals surface area contributed by atoms with Gasteiger partial charge in [0.25, 0.3) is 11.8 Å². The average molecular weight is 803 g/mol. The standard InChI is InChI=1S/C43H50N4O7S.ClH/c1-3-34(4-2)47(25-24-44-37(48)22-23-38(49)50)27-30-8-7-9-32(26-30)40(51)46-42-39(35-10-5-6-11-36(35)55-42)41(52)45-33-20-16-29(17-21-33)13-12-28-14-18-31(19-15-28)43(53)54;/h7-9,14-21,26,34H,3-6,10-13,22-25,27H2,1-2H3,(H,44,48)(H,45,52)(H,46,51)(H,49,50)(H,53,54);1H. The molecule has 1 heterocycles. The molecule has 5 rings (SSSR count). The number of hydrogen-bond acceptors (Lipinski definition) is 7. The van der Waals surface area contributed by atoms with Gasteiger partial charge in [-0.25, -0.2) is 4.79 Å². The van der Waals surface area contributed by atoms with Gasteiger partial charge in [-0.15, -0.1) is 23.7 Å². The summed E-state index contributed by atoms with van der Waals surface area (Å²) in [5.74, 6) is -2.79. The van der Waals surface area contributed by atoms with E-state index in [9.17, 15) is 24.0 Å². The van der Waals surface area contributed by atoms with Crippen molar-refractivity contribution in [1.29, 1.82) is 0 Å². The van der Waals surface area contributed by atoms with E-state index in [2.05, 4.69) is 34.7 Å². The first-order valence-electron chi connectivity index (χ1n) is 19.0. The van der Waals surface area contributed by atoms with E-state index in [1.165, 1.54) is 11.3 Å². The largest absolute Gasteiger partial charge is 0.481 e. The number of nitrogens with zero attached hydrogens (tertiary/aromatic N) is 1. The van der Waals surface area contributed by atoms with Crippen molar-refractivity contribution in [3.8, 4) is 0 Å². The number of benzene rings is 3. The molecule has 0 saturated heterocycles. The molecule has 0 fully saturated rings. The van der Waals surface area contributed by atoms with Gasteiger partial charge in [0.05, 0.1) is 17.5 Å². The Morgan fingerprint density at radius 3 is 2.07 bits per heavy atom. The molecule has 0 spiro atoms. The van der Waals surface area contributed by atoms with Crippen molar-refractivity contribution in [2.24, 2.45) is 0 Å². The Balaban J connectivity index is 0.00000696. The molecule has 1 aliphatic rings. The van der Waals surface area contributed by atoms with Crippen molar-refractivity contribution in [3.05, 3.63) is 117 Å². The molecule has 0 aliphatic heterocycles. The molecule has 3 amide bonds. The van der Waals surface area contributed by atoms with Gasteiger partial charge < -0.3 is 26.2 Å². The minimum atomic E-state index is -1.00. The number of fused-ring (bicyclic) bond motifs is 1. The van der Waals surface area contributed by atoms with Crippen molar-refractivity contribution in [3.63, 3.8) is 0 Å². The summed E-state index contributed by atoms with van der Waals surface area (Å²) < 4.78 is 0. The predicted molar refractivity (Wildman–Crippen MR) is 222 cm³/mol. The maximum Gasteiger partial charge on any atom is 0.335 e. The summed E-state index contributed by atoms with van der Waals surface area (Å²) in [5, 5.41) is 27.5. The number of thiophene rings is 1. The van der Waals surface area contributed by atoms with E-state index >= 15 is 0 Å². The highest BCUT2D eigenvalue weighted by Crippen LogP contribution is 2.39. The summed E-state index contributed by atoms with van der Waals surface area (Å²) in [6.45, 7) is 5.77. The number of carbonyl (C=O) groups is 5. The Labute approximate surface area is 338 Å². The fraction of sp³-hybridized carbons (Fsp3) is 0.372. The number of aromatic carboxylic acids is 1. The van der Waals surface area contributed by atoms with Gasteiger partial charge in [0.2, 0.25) is 5.91 Å². The van der Waals surface area contributed by atoms with Crippen LogP contribution in [0.15, 0.2) is 72.8 Å². The second-order valence-corrected chi connectivity index (χ2v) is 15.0. The molecule has 1 aromatic heterocycles. The summed E-state index contributed by atoms with van der Waals surface area (Å²) in [6, 6.07) is 22.3. The van der Waals surface area contributed by atoms with E-state index in [1.54, 1.807) is 18.2 Å². The van der Waals surface area contributed by atoms with Crippen LogP contribution in [0.2, 0.25) is 0 Å². The van der Waals surface area contributed by atoms with Gasteiger partial charge >= 0.3 is 11.9 Å². The first-order chi connectivity index (χ1) is 26.5. The molecular weight excluding hydrogens is 752 g/mol. The van der Waals surface area contributed by atoms with Gasteiger partial charge in [0, 0.05) is 48.2 Å². The quantitative estimate of drug-likeness (QED) is 0.0636. The Bertz CT molecular complexity index is 1980. The van der Waals surface area contributed by atoms with Crippen LogP contribution in [0.5, 0.6) is 0 Å². The summed E-state index contributed by atoms with van der Waals surface area (Å²) in [5.41, 5.74) is 5.99. The van der Waals surface area contributed by atoms with E-state index in [0.29, 0.717) is 41.4 Å². The third-order valence-corrected chi connectivity index (χ3v) is 11.3. The summed E-state index contributed by atoms with van der Waals surface area (Å²) in [7, 11) is 0. The predicted octanol–water partition coefficient (Wildman–Crippen LogP) is 8.01. The monoisotopic (exact) mass is 802 g/mol. The number of carboxylic acids is 2. The zero-order valence-corrected chi connectivity index (χ0v) is 33.5. The van der Waals surface area contributed by atoms with Crippen LogP contribution in [0.1, 0.15) is 111 Å². The first-order valence-corrected chi connectivity index (χ1v) is 19.9. The second-order valence-electron chi connectivity index (χ2n) is 13.9. The van der Waals surface area contributed by atoms with Crippen molar-refractivity contribution in [2.45, 2.75) is 90.6 Å². The number of rotatable bonds is 19. The minimum absolute atomic E-state index is 0. The van der Waals surface area contributed by atoms with Gasteiger partial charge in [-0.1, -0.05) is 50.2 Å². The molecule has 0 bridgehead atoms. The minimum Gasteiger partial charge on any atom is -0.481 e. The molecule has 5 N–H and O–H groups in total. The van der Waals surface area contributed by atoms with Crippen LogP contribution < -0.4 is 16.0 Å². The number of hydrogen-bond donors (Lipinski definition) is 5. The Morgan fingerprint density at radius 2 is 1.43 bits per heavy atom. The molecule has 13 heteroatoms. The lowest BCUT2D eigenvalue weighted by atomic mass is 9.95. The van der Waals surface area contributed by atoms with Crippen LogP contribution in [0.25, 0.3) is 0 Å². The van der Waals surface area contributed by atoms with Crippen LogP contribution in [0.4, 0.5) is 10.7 Å². The van der Waals surface area contributed by atoms with Crippen molar-refractivity contribution in [2.75, 3.05) is 23.7 Å². The topological polar surface area (TPSA) is 165 Å². The third-order valence-electron chi connectivity index (χ3n) is 10.1. The Kier molecular flexibility index (Phi) is 16.6. The van der Waals surface area contributed by atoms with Gasteiger partial charge in [0.15, 0.2) is 0 Å². The third kappa shape index (κ3) is 12.2. The lowest BCUT2D eigenvalue weighted by molar-refractivity contribution is -0.138. The van der Waals surface area contributed by atoms with E-state index in [4.69, 9.17) is 10.2 Å². The molecule has 56 heavy (non-hydrogen) atoms. The molecule has 4 aromatic rings. The number of halogens is 1. The zero-order valence-electron chi connectivity index (χ0n) is 31.9. The number of carboxylic acid groups (broad SMARTS) is 2. The van der Waals surface area contributed by atoms with E-state index in [-0.39, 0.29) is 54.6 Å². The van der Waals surface area contributed by atoms with Crippen LogP contribution in [-0.2, 0) is 41.8 Å². The molecule has 1 aliphatic carbocycles. The van der Waals surface area contributed by atoms with Gasteiger partial charge in [0.1, 0.15) is 5.00 Å². The number of anilines is 2. The second kappa shape index (κ2) is 21.3. The zero-order chi connectivity index (χ0) is 39.3. The van der Waals surface area contributed by atoms with Gasteiger partial charge in [-0.05, 0) is 110 Å².